The summed E-state index contributed by atoms with van der Waals surface area (Å²) in [6.07, 6.45) is 0.164. The Bertz CT molecular complexity index is 1300. The van der Waals surface area contributed by atoms with E-state index in [1.165, 1.54) is 5.56 Å². The van der Waals surface area contributed by atoms with Gasteiger partial charge >= 0.3 is 0 Å². The number of amides is 2. The molecule has 0 spiro atoms. The smallest absolute Gasteiger partial charge is 0.255 e. The first-order chi connectivity index (χ1) is 19.0. The lowest BCUT2D eigenvalue weighted by Gasteiger charge is -2.36. The fourth-order valence-electron chi connectivity index (χ4n) is 5.52. The Hall–Kier alpha value is -4.04. The zero-order valence-corrected chi connectivity index (χ0v) is 22.8. The van der Waals surface area contributed by atoms with E-state index in [9.17, 15) is 9.59 Å². The molecule has 2 heterocycles. The van der Waals surface area contributed by atoms with Crippen molar-refractivity contribution in [1.82, 2.24) is 14.7 Å². The van der Waals surface area contributed by atoms with Crippen LogP contribution in [0.25, 0.3) is 0 Å². The summed E-state index contributed by atoms with van der Waals surface area (Å²) in [7, 11) is 4.68. The standard InChI is InChI=1S/C31H35N3O5/c1-37-27-17-24(18-28(38-2)30(27)39-3)26(34-21-23-11-7-8-12-25(23)31(34)36)19-29(35)33-15-13-32(14-16-33)20-22-9-5-4-6-10-22/h4-12,17-18,26H,13-16,19-21H2,1-3H3/t26-/m1/s1. The first-order valence-electron chi connectivity index (χ1n) is 13.2. The van der Waals surface area contributed by atoms with Crippen molar-refractivity contribution >= 4 is 11.8 Å². The second kappa shape index (κ2) is 11.8. The molecule has 1 saturated heterocycles. The number of carbonyl (C=O) groups excluding carboxylic acids is 2. The second-order valence-corrected chi connectivity index (χ2v) is 9.91. The Morgan fingerprint density at radius 1 is 0.846 bits per heavy atom. The maximum Gasteiger partial charge on any atom is 0.255 e. The second-order valence-electron chi connectivity index (χ2n) is 9.91. The summed E-state index contributed by atoms with van der Waals surface area (Å²) in [5, 5.41) is 0. The number of nitrogens with zero attached hydrogens (tertiary/aromatic N) is 3. The minimum atomic E-state index is -0.492. The average molecular weight is 530 g/mol. The molecule has 8 nitrogen and oxygen atoms in total. The highest BCUT2D eigenvalue weighted by atomic mass is 16.5. The number of benzene rings is 3. The number of piperazine rings is 1. The van der Waals surface area contributed by atoms with Gasteiger partial charge in [-0.05, 0) is 34.9 Å². The van der Waals surface area contributed by atoms with Crippen molar-refractivity contribution in [2.45, 2.75) is 25.6 Å². The molecule has 0 aliphatic carbocycles. The van der Waals surface area contributed by atoms with E-state index in [1.807, 2.05) is 47.4 Å². The van der Waals surface area contributed by atoms with Gasteiger partial charge in [-0.2, -0.15) is 0 Å². The van der Waals surface area contributed by atoms with Gasteiger partial charge < -0.3 is 24.0 Å². The van der Waals surface area contributed by atoms with Crippen LogP contribution < -0.4 is 14.2 Å². The predicted molar refractivity (Wildman–Crippen MR) is 148 cm³/mol. The van der Waals surface area contributed by atoms with Gasteiger partial charge in [0.2, 0.25) is 11.7 Å². The molecule has 204 valence electrons. The number of rotatable bonds is 9. The number of hydrogen-bond donors (Lipinski definition) is 0. The van der Waals surface area contributed by atoms with Gasteiger partial charge in [0.05, 0.1) is 33.8 Å². The van der Waals surface area contributed by atoms with Gasteiger partial charge in [0.15, 0.2) is 11.5 Å². The molecule has 3 aromatic carbocycles. The van der Waals surface area contributed by atoms with Gasteiger partial charge in [0.25, 0.3) is 5.91 Å². The maximum absolute atomic E-state index is 13.7. The van der Waals surface area contributed by atoms with E-state index in [0.29, 0.717) is 42.4 Å². The van der Waals surface area contributed by atoms with E-state index >= 15 is 0 Å². The van der Waals surface area contributed by atoms with Crippen LogP contribution in [0, 0.1) is 0 Å². The van der Waals surface area contributed by atoms with E-state index in [0.717, 1.165) is 30.8 Å². The molecule has 39 heavy (non-hydrogen) atoms. The number of hydrogen-bond acceptors (Lipinski definition) is 6. The molecular formula is C31H35N3O5. The molecule has 1 fully saturated rings. The van der Waals surface area contributed by atoms with Crippen LogP contribution >= 0.6 is 0 Å². The molecule has 5 rings (SSSR count). The fraction of sp³-hybridized carbons (Fsp3) is 0.355. The lowest BCUT2D eigenvalue weighted by molar-refractivity contribution is -0.134. The third-order valence-corrected chi connectivity index (χ3v) is 7.64. The summed E-state index contributed by atoms with van der Waals surface area (Å²) >= 11 is 0. The zero-order valence-electron chi connectivity index (χ0n) is 22.8. The largest absolute Gasteiger partial charge is 0.493 e. The van der Waals surface area contributed by atoms with Crippen molar-refractivity contribution in [2.75, 3.05) is 47.5 Å². The number of methoxy groups -OCH3 is 3. The molecule has 0 unspecified atom stereocenters. The summed E-state index contributed by atoms with van der Waals surface area (Å²) in [5.41, 5.74) is 3.67. The van der Waals surface area contributed by atoms with Crippen LogP contribution in [0.4, 0.5) is 0 Å². The predicted octanol–water partition coefficient (Wildman–Crippen LogP) is 4.14. The van der Waals surface area contributed by atoms with Gasteiger partial charge in [-0.25, -0.2) is 0 Å². The van der Waals surface area contributed by atoms with Crippen molar-refractivity contribution in [3.63, 3.8) is 0 Å². The zero-order chi connectivity index (χ0) is 27.4. The Morgan fingerprint density at radius 2 is 1.49 bits per heavy atom. The molecule has 2 aliphatic rings. The molecule has 2 aliphatic heterocycles. The minimum absolute atomic E-state index is 0.0249. The molecule has 1 atom stereocenters. The first kappa shape index (κ1) is 26.6. The van der Waals surface area contributed by atoms with E-state index < -0.39 is 6.04 Å². The van der Waals surface area contributed by atoms with E-state index in [4.69, 9.17) is 14.2 Å². The van der Waals surface area contributed by atoms with Crippen LogP contribution in [0.1, 0.15) is 39.5 Å². The average Bonchev–Trinajstić information content (AvgIpc) is 3.31. The maximum atomic E-state index is 13.7. The van der Waals surface area contributed by atoms with Crippen LogP contribution in [0.3, 0.4) is 0 Å². The highest BCUT2D eigenvalue weighted by Crippen LogP contribution is 2.43. The van der Waals surface area contributed by atoms with Crippen molar-refractivity contribution in [3.05, 3.63) is 89.0 Å². The third kappa shape index (κ3) is 5.56. The molecule has 0 aromatic heterocycles. The summed E-state index contributed by atoms with van der Waals surface area (Å²) in [5.74, 6) is 1.40. The summed E-state index contributed by atoms with van der Waals surface area (Å²) in [6.45, 7) is 4.24. The minimum Gasteiger partial charge on any atom is -0.493 e. The van der Waals surface area contributed by atoms with Gasteiger partial charge in [0, 0.05) is 44.8 Å². The Kier molecular flexibility index (Phi) is 8.02. The van der Waals surface area contributed by atoms with Crippen LogP contribution in [-0.4, -0.2) is 74.0 Å². The van der Waals surface area contributed by atoms with Crippen molar-refractivity contribution in [3.8, 4) is 17.2 Å². The van der Waals surface area contributed by atoms with Crippen LogP contribution in [0.2, 0.25) is 0 Å². The topological polar surface area (TPSA) is 71.6 Å². The van der Waals surface area contributed by atoms with Crippen molar-refractivity contribution < 1.29 is 23.8 Å². The lowest BCUT2D eigenvalue weighted by atomic mass is 9.99. The van der Waals surface area contributed by atoms with E-state index in [2.05, 4.69) is 29.2 Å². The number of fused-ring (bicyclic) bond motifs is 1. The molecular weight excluding hydrogens is 494 g/mol. The van der Waals surface area contributed by atoms with Gasteiger partial charge in [0.1, 0.15) is 0 Å². The van der Waals surface area contributed by atoms with Gasteiger partial charge in [-0.1, -0.05) is 48.5 Å². The molecule has 0 saturated carbocycles. The molecule has 0 bridgehead atoms. The lowest BCUT2D eigenvalue weighted by Crippen LogP contribution is -2.49. The van der Waals surface area contributed by atoms with E-state index in [-0.39, 0.29) is 18.2 Å². The highest BCUT2D eigenvalue weighted by molar-refractivity contribution is 5.99. The van der Waals surface area contributed by atoms with Crippen LogP contribution in [0.5, 0.6) is 17.2 Å². The summed E-state index contributed by atoms with van der Waals surface area (Å²) < 4.78 is 16.7. The fourth-order valence-corrected chi connectivity index (χ4v) is 5.52. The van der Waals surface area contributed by atoms with Gasteiger partial charge in [-0.15, -0.1) is 0 Å². The Morgan fingerprint density at radius 3 is 2.10 bits per heavy atom. The quantitative estimate of drug-likeness (QED) is 0.415. The normalized spacial score (nSPS) is 16.1. The Labute approximate surface area is 229 Å². The molecule has 0 radical (unpaired) electrons. The molecule has 0 N–H and O–H groups in total. The number of ether oxygens (including phenoxy) is 3. The molecule has 2 amide bonds. The third-order valence-electron chi connectivity index (χ3n) is 7.64. The van der Waals surface area contributed by atoms with E-state index in [1.54, 1.807) is 26.2 Å². The molecule has 8 heteroatoms. The summed E-state index contributed by atoms with van der Waals surface area (Å²) in [6, 6.07) is 21.2. The Balaban J connectivity index is 1.37. The van der Waals surface area contributed by atoms with Crippen LogP contribution in [0.15, 0.2) is 66.7 Å². The van der Waals surface area contributed by atoms with Crippen molar-refractivity contribution in [1.29, 1.82) is 0 Å². The SMILES string of the molecule is COc1cc([C@@H](CC(=O)N2CCN(Cc3ccccc3)CC2)N2Cc3ccccc3C2=O)cc(OC)c1OC. The van der Waals surface area contributed by atoms with Crippen molar-refractivity contribution in [2.24, 2.45) is 0 Å². The highest BCUT2D eigenvalue weighted by Gasteiger charge is 2.36. The monoisotopic (exact) mass is 529 g/mol. The summed E-state index contributed by atoms with van der Waals surface area (Å²) in [4.78, 5) is 33.3. The number of carbonyl (C=O) groups is 2. The first-order valence-corrected chi connectivity index (χ1v) is 13.2. The van der Waals surface area contributed by atoms with Gasteiger partial charge in [-0.3, -0.25) is 14.5 Å². The molecule has 3 aromatic rings. The van der Waals surface area contributed by atoms with Crippen LogP contribution in [-0.2, 0) is 17.9 Å².